The minimum atomic E-state index is -0.648. The number of thiophene rings is 1. The van der Waals surface area contributed by atoms with Gasteiger partial charge in [-0.25, -0.2) is 4.39 Å². The highest BCUT2D eigenvalue weighted by atomic mass is 32.1. The highest BCUT2D eigenvalue weighted by Gasteiger charge is 2.09. The normalized spacial score (nSPS) is 10.7. The third-order valence-corrected chi connectivity index (χ3v) is 5.06. The van der Waals surface area contributed by atoms with E-state index in [0.29, 0.717) is 11.3 Å². The van der Waals surface area contributed by atoms with E-state index in [1.165, 1.54) is 29.5 Å². The van der Waals surface area contributed by atoms with Crippen molar-refractivity contribution in [1.82, 2.24) is 5.32 Å². The van der Waals surface area contributed by atoms with E-state index >= 15 is 0 Å². The maximum absolute atomic E-state index is 13.9. The number of benzene rings is 2. The first-order valence-corrected chi connectivity index (χ1v) is 9.74. The number of hydrogen-bond donors (Lipinski definition) is 3. The molecule has 0 fully saturated rings. The summed E-state index contributed by atoms with van der Waals surface area (Å²) < 4.78 is 13.9. The molecule has 0 aliphatic carbocycles. The first-order valence-electron chi connectivity index (χ1n) is 8.93. The van der Waals surface area contributed by atoms with Crippen LogP contribution in [0.2, 0.25) is 0 Å². The molecule has 0 radical (unpaired) electrons. The van der Waals surface area contributed by atoms with Gasteiger partial charge in [-0.3, -0.25) is 14.4 Å². The van der Waals surface area contributed by atoms with Gasteiger partial charge in [0.15, 0.2) is 0 Å². The standard InChI is InChI=1S/C22H18FN3O3S/c23-18-7-2-1-6-17(18)19-10-8-16(30-19)9-11-21(28)26-15-5-3-4-14(12-15)22(29)25-13-20(24)27/h1-12H,13H2,(H2,24,27)(H,25,29)(H,26,28). The third kappa shape index (κ3) is 5.62. The largest absolute Gasteiger partial charge is 0.368 e. The molecule has 8 heteroatoms. The van der Waals surface area contributed by atoms with Crippen molar-refractivity contribution < 1.29 is 18.8 Å². The van der Waals surface area contributed by atoms with Crippen LogP contribution in [0.4, 0.5) is 10.1 Å². The fourth-order valence-electron chi connectivity index (χ4n) is 2.60. The van der Waals surface area contributed by atoms with Crippen LogP contribution in [-0.4, -0.2) is 24.3 Å². The first-order chi connectivity index (χ1) is 14.4. The Morgan fingerprint density at radius 3 is 2.60 bits per heavy atom. The van der Waals surface area contributed by atoms with Crippen molar-refractivity contribution in [3.63, 3.8) is 0 Å². The van der Waals surface area contributed by atoms with Gasteiger partial charge < -0.3 is 16.4 Å². The van der Waals surface area contributed by atoms with Crippen LogP contribution in [-0.2, 0) is 9.59 Å². The quantitative estimate of drug-likeness (QED) is 0.508. The molecule has 6 nitrogen and oxygen atoms in total. The van der Waals surface area contributed by atoms with Crippen LogP contribution < -0.4 is 16.4 Å². The third-order valence-electron chi connectivity index (χ3n) is 3.98. The van der Waals surface area contributed by atoms with Crippen molar-refractivity contribution in [3.8, 4) is 10.4 Å². The average Bonchev–Trinajstić information content (AvgIpc) is 3.20. The SMILES string of the molecule is NC(=O)CNC(=O)c1cccc(NC(=O)C=Cc2ccc(-c3ccccc3F)s2)c1. The summed E-state index contributed by atoms with van der Waals surface area (Å²) >= 11 is 1.37. The molecule has 0 spiro atoms. The number of hydrogen-bond acceptors (Lipinski definition) is 4. The summed E-state index contributed by atoms with van der Waals surface area (Å²) in [6.07, 6.45) is 2.99. The van der Waals surface area contributed by atoms with Gasteiger partial charge in [-0.15, -0.1) is 11.3 Å². The zero-order valence-electron chi connectivity index (χ0n) is 15.7. The number of carbonyl (C=O) groups is 3. The van der Waals surface area contributed by atoms with Crippen molar-refractivity contribution in [3.05, 3.63) is 83.0 Å². The predicted octanol–water partition coefficient (Wildman–Crippen LogP) is 3.42. The van der Waals surface area contributed by atoms with Crippen LogP contribution in [0.5, 0.6) is 0 Å². The zero-order chi connectivity index (χ0) is 21.5. The van der Waals surface area contributed by atoms with E-state index in [4.69, 9.17) is 5.73 Å². The molecular weight excluding hydrogens is 405 g/mol. The number of carbonyl (C=O) groups excluding carboxylic acids is 3. The number of nitrogens with one attached hydrogen (secondary N) is 2. The van der Waals surface area contributed by atoms with Crippen LogP contribution >= 0.6 is 11.3 Å². The molecule has 3 rings (SSSR count). The van der Waals surface area contributed by atoms with E-state index in [0.717, 1.165) is 9.75 Å². The Labute approximate surface area is 176 Å². The molecule has 30 heavy (non-hydrogen) atoms. The second-order valence-electron chi connectivity index (χ2n) is 6.23. The lowest BCUT2D eigenvalue weighted by Gasteiger charge is -2.06. The number of amides is 3. The average molecular weight is 423 g/mol. The highest BCUT2D eigenvalue weighted by molar-refractivity contribution is 7.16. The Morgan fingerprint density at radius 2 is 1.83 bits per heavy atom. The predicted molar refractivity (Wildman–Crippen MR) is 115 cm³/mol. The molecule has 0 atom stereocenters. The molecule has 0 aliphatic rings. The summed E-state index contributed by atoms with van der Waals surface area (Å²) in [7, 11) is 0. The Bertz CT molecular complexity index is 1120. The van der Waals surface area contributed by atoms with E-state index < -0.39 is 11.8 Å². The Kier molecular flexibility index (Phi) is 6.71. The minimum absolute atomic E-state index is 0.270. The molecule has 3 amide bonds. The Hall–Kier alpha value is -3.78. The Morgan fingerprint density at radius 1 is 1.03 bits per heavy atom. The van der Waals surface area contributed by atoms with Crippen LogP contribution in [0, 0.1) is 5.82 Å². The maximum atomic E-state index is 13.9. The molecule has 0 saturated carbocycles. The van der Waals surface area contributed by atoms with Crippen molar-refractivity contribution in [2.75, 3.05) is 11.9 Å². The summed E-state index contributed by atoms with van der Waals surface area (Å²) in [5.41, 5.74) is 6.22. The van der Waals surface area contributed by atoms with Crippen LogP contribution in [0.15, 0.2) is 66.7 Å². The lowest BCUT2D eigenvalue weighted by molar-refractivity contribution is -0.117. The van der Waals surface area contributed by atoms with Gasteiger partial charge in [0, 0.05) is 32.6 Å². The first kappa shape index (κ1) is 20.9. The molecule has 1 heterocycles. The molecule has 0 bridgehead atoms. The van der Waals surface area contributed by atoms with Gasteiger partial charge in [-0.05, 0) is 42.5 Å². The summed E-state index contributed by atoms with van der Waals surface area (Å²) in [6, 6.07) is 16.4. The van der Waals surface area contributed by atoms with E-state index in [1.807, 2.05) is 0 Å². The number of rotatable bonds is 7. The lowest BCUT2D eigenvalue weighted by atomic mass is 10.2. The maximum Gasteiger partial charge on any atom is 0.251 e. The minimum Gasteiger partial charge on any atom is -0.368 e. The lowest BCUT2D eigenvalue weighted by Crippen LogP contribution is -2.33. The summed E-state index contributed by atoms with van der Waals surface area (Å²) in [5, 5.41) is 5.05. The molecule has 152 valence electrons. The monoisotopic (exact) mass is 423 g/mol. The van der Waals surface area contributed by atoms with Crippen molar-refractivity contribution in [1.29, 1.82) is 0 Å². The fraction of sp³-hybridized carbons (Fsp3) is 0.0455. The molecular formula is C22H18FN3O3S. The fourth-order valence-corrected chi connectivity index (χ4v) is 3.54. The number of halogens is 1. The smallest absolute Gasteiger partial charge is 0.251 e. The number of primary amides is 1. The van der Waals surface area contributed by atoms with Gasteiger partial charge in [-0.1, -0.05) is 24.3 Å². The summed E-state index contributed by atoms with van der Waals surface area (Å²) in [5.74, 6) is -1.80. The van der Waals surface area contributed by atoms with E-state index in [2.05, 4.69) is 10.6 Å². The molecule has 4 N–H and O–H groups in total. The van der Waals surface area contributed by atoms with Gasteiger partial charge in [0.2, 0.25) is 11.8 Å². The highest BCUT2D eigenvalue weighted by Crippen LogP contribution is 2.30. The van der Waals surface area contributed by atoms with E-state index in [9.17, 15) is 18.8 Å². The van der Waals surface area contributed by atoms with Crippen molar-refractivity contribution in [2.24, 2.45) is 5.73 Å². The molecule has 1 aromatic heterocycles. The number of anilines is 1. The Balaban J connectivity index is 1.63. The molecule has 2 aromatic carbocycles. The molecule has 0 saturated heterocycles. The van der Waals surface area contributed by atoms with Gasteiger partial charge in [0.05, 0.1) is 6.54 Å². The van der Waals surface area contributed by atoms with E-state index in [-0.39, 0.29) is 23.8 Å². The van der Waals surface area contributed by atoms with Crippen LogP contribution in [0.3, 0.4) is 0 Å². The topological polar surface area (TPSA) is 101 Å². The molecule has 0 aliphatic heterocycles. The second kappa shape index (κ2) is 9.62. The van der Waals surface area contributed by atoms with Crippen molar-refractivity contribution >= 4 is 40.8 Å². The van der Waals surface area contributed by atoms with Gasteiger partial charge in [0.1, 0.15) is 5.82 Å². The van der Waals surface area contributed by atoms with Gasteiger partial charge >= 0.3 is 0 Å². The van der Waals surface area contributed by atoms with Gasteiger partial charge in [0.25, 0.3) is 5.91 Å². The summed E-state index contributed by atoms with van der Waals surface area (Å²) in [6.45, 7) is -0.270. The molecule has 0 unspecified atom stereocenters. The van der Waals surface area contributed by atoms with Crippen LogP contribution in [0.1, 0.15) is 15.2 Å². The van der Waals surface area contributed by atoms with E-state index in [1.54, 1.807) is 54.6 Å². The van der Waals surface area contributed by atoms with Crippen LogP contribution in [0.25, 0.3) is 16.5 Å². The number of nitrogens with two attached hydrogens (primary N) is 1. The zero-order valence-corrected chi connectivity index (χ0v) is 16.5. The summed E-state index contributed by atoms with van der Waals surface area (Å²) in [4.78, 5) is 36.5. The molecule has 3 aromatic rings. The second-order valence-corrected chi connectivity index (χ2v) is 7.35. The van der Waals surface area contributed by atoms with Gasteiger partial charge in [-0.2, -0.15) is 0 Å². The van der Waals surface area contributed by atoms with Crippen molar-refractivity contribution in [2.45, 2.75) is 0 Å².